The van der Waals surface area contributed by atoms with Crippen LogP contribution in [0.25, 0.3) is 0 Å². The number of primary amides is 1. The average Bonchev–Trinajstić information content (AvgIpc) is 2.26. The van der Waals surface area contributed by atoms with Crippen molar-refractivity contribution in [3.8, 4) is 5.75 Å². The Hall–Kier alpha value is -1.55. The summed E-state index contributed by atoms with van der Waals surface area (Å²) >= 11 is 0. The van der Waals surface area contributed by atoms with Gasteiger partial charge in [0.15, 0.2) is 0 Å². The third-order valence-electron chi connectivity index (χ3n) is 2.20. The Morgan fingerprint density at radius 2 is 2.00 bits per heavy atom. The maximum atomic E-state index is 10.7. The van der Waals surface area contributed by atoms with Gasteiger partial charge in [0, 0.05) is 12.5 Å². The van der Waals surface area contributed by atoms with E-state index in [1.165, 1.54) is 0 Å². The van der Waals surface area contributed by atoms with E-state index in [0.29, 0.717) is 6.61 Å². The Morgan fingerprint density at radius 1 is 1.38 bits per heavy atom. The Labute approximate surface area is 95.6 Å². The molecule has 0 radical (unpaired) electrons. The minimum atomic E-state index is -0.390. The van der Waals surface area contributed by atoms with Crippen molar-refractivity contribution in [2.45, 2.75) is 25.8 Å². The first-order chi connectivity index (χ1) is 7.63. The normalized spacial score (nSPS) is 12.1. The van der Waals surface area contributed by atoms with Gasteiger partial charge >= 0.3 is 0 Å². The quantitative estimate of drug-likeness (QED) is 0.762. The molecular formula is C12H18N2O2. The number of carbonyl (C=O) groups excluding carboxylic acids is 1. The van der Waals surface area contributed by atoms with E-state index >= 15 is 0 Å². The van der Waals surface area contributed by atoms with Crippen LogP contribution in [0.2, 0.25) is 0 Å². The largest absolute Gasteiger partial charge is 0.494 e. The van der Waals surface area contributed by atoms with Crippen LogP contribution in [0.3, 0.4) is 0 Å². The van der Waals surface area contributed by atoms with Gasteiger partial charge in [0.1, 0.15) is 5.75 Å². The third kappa shape index (κ3) is 3.90. The molecule has 4 nitrogen and oxygen atoms in total. The van der Waals surface area contributed by atoms with E-state index in [4.69, 9.17) is 16.2 Å². The van der Waals surface area contributed by atoms with Gasteiger partial charge in [0.2, 0.25) is 5.91 Å². The standard InChI is InChI=1S/C12H18N2O2/c1-2-7-16-10-5-3-9(4-6-10)11(13)8-12(14)15/h3-6,11H,2,7-8,13H2,1H3,(H2,14,15)/t11-/m1/s1. The zero-order valence-corrected chi connectivity index (χ0v) is 9.48. The molecule has 88 valence electrons. The van der Waals surface area contributed by atoms with Crippen LogP contribution in [-0.2, 0) is 4.79 Å². The molecule has 1 rings (SSSR count). The smallest absolute Gasteiger partial charge is 0.219 e. The molecule has 0 spiro atoms. The summed E-state index contributed by atoms with van der Waals surface area (Å²) in [6.07, 6.45) is 1.14. The fourth-order valence-corrected chi connectivity index (χ4v) is 1.37. The lowest BCUT2D eigenvalue weighted by atomic mass is 10.0. The summed E-state index contributed by atoms with van der Waals surface area (Å²) in [5.41, 5.74) is 11.8. The monoisotopic (exact) mass is 222 g/mol. The van der Waals surface area contributed by atoms with Crippen LogP contribution in [0.15, 0.2) is 24.3 Å². The Morgan fingerprint density at radius 3 is 2.50 bits per heavy atom. The highest BCUT2D eigenvalue weighted by Gasteiger charge is 2.08. The molecule has 0 heterocycles. The van der Waals surface area contributed by atoms with Crippen molar-refractivity contribution in [2.24, 2.45) is 11.5 Å². The zero-order valence-electron chi connectivity index (χ0n) is 9.48. The molecule has 0 aliphatic rings. The van der Waals surface area contributed by atoms with Crippen molar-refractivity contribution in [1.29, 1.82) is 0 Å². The number of benzene rings is 1. The van der Waals surface area contributed by atoms with Gasteiger partial charge in [-0.1, -0.05) is 19.1 Å². The van der Waals surface area contributed by atoms with Crippen molar-refractivity contribution >= 4 is 5.91 Å². The van der Waals surface area contributed by atoms with Crippen LogP contribution in [0.1, 0.15) is 31.4 Å². The first kappa shape index (κ1) is 12.5. The lowest BCUT2D eigenvalue weighted by Crippen LogP contribution is -2.20. The fraction of sp³-hybridized carbons (Fsp3) is 0.417. The molecule has 1 atom stereocenters. The SMILES string of the molecule is CCCOc1ccc([C@H](N)CC(N)=O)cc1. The van der Waals surface area contributed by atoms with Crippen molar-refractivity contribution in [2.75, 3.05) is 6.61 Å². The van der Waals surface area contributed by atoms with Gasteiger partial charge in [0.05, 0.1) is 6.61 Å². The highest BCUT2D eigenvalue weighted by Crippen LogP contribution is 2.18. The number of amides is 1. The van der Waals surface area contributed by atoms with Gasteiger partial charge in [-0.3, -0.25) is 4.79 Å². The second-order valence-electron chi connectivity index (χ2n) is 3.69. The molecule has 4 heteroatoms. The van der Waals surface area contributed by atoms with Crippen LogP contribution < -0.4 is 16.2 Å². The topological polar surface area (TPSA) is 78.3 Å². The van der Waals surface area contributed by atoms with E-state index in [2.05, 4.69) is 6.92 Å². The minimum absolute atomic E-state index is 0.162. The van der Waals surface area contributed by atoms with Crippen LogP contribution in [0.4, 0.5) is 0 Å². The van der Waals surface area contributed by atoms with Gasteiger partial charge in [-0.25, -0.2) is 0 Å². The number of hydrogen-bond acceptors (Lipinski definition) is 3. The van der Waals surface area contributed by atoms with Crippen LogP contribution >= 0.6 is 0 Å². The summed E-state index contributed by atoms with van der Waals surface area (Å²) in [5, 5.41) is 0. The highest BCUT2D eigenvalue weighted by molar-refractivity contribution is 5.74. The molecule has 16 heavy (non-hydrogen) atoms. The predicted molar refractivity (Wildman–Crippen MR) is 63.0 cm³/mol. The summed E-state index contributed by atoms with van der Waals surface area (Å²) in [6, 6.07) is 7.09. The number of carbonyl (C=O) groups is 1. The molecular weight excluding hydrogens is 204 g/mol. The summed E-state index contributed by atoms with van der Waals surface area (Å²) in [6.45, 7) is 2.75. The van der Waals surface area contributed by atoms with Crippen molar-refractivity contribution in [3.63, 3.8) is 0 Å². The third-order valence-corrected chi connectivity index (χ3v) is 2.20. The number of ether oxygens (including phenoxy) is 1. The Balaban J connectivity index is 2.59. The lowest BCUT2D eigenvalue weighted by molar-refractivity contribution is -0.118. The molecule has 0 aromatic heterocycles. The maximum absolute atomic E-state index is 10.7. The second-order valence-corrected chi connectivity index (χ2v) is 3.69. The van der Waals surface area contributed by atoms with Gasteiger partial charge in [-0.2, -0.15) is 0 Å². The molecule has 1 amide bonds. The van der Waals surface area contributed by atoms with Crippen molar-refractivity contribution in [1.82, 2.24) is 0 Å². The molecule has 1 aromatic carbocycles. The first-order valence-corrected chi connectivity index (χ1v) is 5.40. The highest BCUT2D eigenvalue weighted by atomic mass is 16.5. The minimum Gasteiger partial charge on any atom is -0.494 e. The van der Waals surface area contributed by atoms with E-state index in [-0.39, 0.29) is 18.4 Å². The van der Waals surface area contributed by atoms with E-state index in [0.717, 1.165) is 17.7 Å². The molecule has 0 saturated heterocycles. The summed E-state index contributed by atoms with van der Waals surface area (Å²) in [4.78, 5) is 10.7. The van der Waals surface area contributed by atoms with Crippen LogP contribution in [0.5, 0.6) is 5.75 Å². The Kier molecular flexibility index (Phi) is 4.79. The molecule has 0 aliphatic carbocycles. The molecule has 0 unspecified atom stereocenters. The van der Waals surface area contributed by atoms with Gasteiger partial charge in [-0.05, 0) is 24.1 Å². The maximum Gasteiger partial charge on any atom is 0.219 e. The van der Waals surface area contributed by atoms with E-state index in [1.54, 1.807) is 0 Å². The van der Waals surface area contributed by atoms with E-state index < -0.39 is 0 Å². The number of nitrogens with two attached hydrogens (primary N) is 2. The summed E-state index contributed by atoms with van der Waals surface area (Å²) in [5.74, 6) is 0.427. The molecule has 0 aliphatic heterocycles. The fourth-order valence-electron chi connectivity index (χ4n) is 1.37. The second kappa shape index (κ2) is 6.12. The van der Waals surface area contributed by atoms with Gasteiger partial charge < -0.3 is 16.2 Å². The predicted octanol–water partition coefficient (Wildman–Crippen LogP) is 1.35. The summed E-state index contributed by atoms with van der Waals surface area (Å²) in [7, 11) is 0. The Bertz CT molecular complexity index is 335. The first-order valence-electron chi connectivity index (χ1n) is 5.40. The molecule has 1 aromatic rings. The average molecular weight is 222 g/mol. The van der Waals surface area contributed by atoms with E-state index in [1.807, 2.05) is 24.3 Å². The molecule has 0 saturated carbocycles. The number of rotatable bonds is 6. The van der Waals surface area contributed by atoms with Gasteiger partial charge in [-0.15, -0.1) is 0 Å². The summed E-state index contributed by atoms with van der Waals surface area (Å²) < 4.78 is 5.44. The van der Waals surface area contributed by atoms with Gasteiger partial charge in [0.25, 0.3) is 0 Å². The molecule has 4 N–H and O–H groups in total. The van der Waals surface area contributed by atoms with Crippen molar-refractivity contribution in [3.05, 3.63) is 29.8 Å². The zero-order chi connectivity index (χ0) is 12.0. The number of hydrogen-bond donors (Lipinski definition) is 2. The van der Waals surface area contributed by atoms with Crippen LogP contribution in [0, 0.1) is 0 Å². The van der Waals surface area contributed by atoms with Crippen molar-refractivity contribution < 1.29 is 9.53 Å². The van der Waals surface area contributed by atoms with E-state index in [9.17, 15) is 4.79 Å². The lowest BCUT2D eigenvalue weighted by Gasteiger charge is -2.11. The molecule has 0 fully saturated rings. The molecule has 0 bridgehead atoms. The van der Waals surface area contributed by atoms with Crippen LogP contribution in [-0.4, -0.2) is 12.5 Å².